The van der Waals surface area contributed by atoms with Crippen molar-refractivity contribution in [1.29, 1.82) is 0 Å². The van der Waals surface area contributed by atoms with Crippen molar-refractivity contribution in [3.05, 3.63) is 169 Å². The normalized spacial score (nSPS) is 13.3. The molecular weight excluding hydrogens is 1770 g/mol. The van der Waals surface area contributed by atoms with Crippen LogP contribution >= 0.6 is 0 Å². The Bertz CT molecular complexity index is 3560. The van der Waals surface area contributed by atoms with Crippen molar-refractivity contribution in [3.8, 4) is 0 Å². The Hall–Kier alpha value is -7.35. The molecule has 2 aromatic carbocycles. The largest absolute Gasteiger partial charge is 3.00 e. The van der Waals surface area contributed by atoms with Crippen molar-refractivity contribution in [2.24, 2.45) is 32.5 Å². The summed E-state index contributed by atoms with van der Waals surface area (Å²) in [6.45, 7) is 25.9. The number of rotatable bonds is 6. The molecule has 0 unspecified atom stereocenters. The molecular formula is C72H76F18N4O12Tb2. The van der Waals surface area contributed by atoms with Gasteiger partial charge in [-0.2, -0.15) is 79.0 Å². The fourth-order valence-electron chi connectivity index (χ4n) is 5.86. The van der Waals surface area contributed by atoms with Crippen LogP contribution in [0, 0.1) is 110 Å². The number of carbonyl (C=O) groups excluding carboxylic acids is 6. The monoisotopic (exact) mass is 1850 g/mol. The first kappa shape index (κ1) is 107. The Balaban J connectivity index is -0.000000571. The molecule has 4 heterocycles. The third kappa shape index (κ3) is 41.4. The summed E-state index contributed by atoms with van der Waals surface area (Å²) >= 11 is 0. The molecule has 0 N–H and O–H groups in total. The summed E-state index contributed by atoms with van der Waals surface area (Å²) in [6, 6.07) is 24.3. The second-order valence-electron chi connectivity index (χ2n) is 28.2. The summed E-state index contributed by atoms with van der Waals surface area (Å²) in [4.78, 5) is 82.4. The fraction of sp³-hybridized carbons (Fsp3) is 0.417. The summed E-state index contributed by atoms with van der Waals surface area (Å²) in [7, 11) is 0. The molecule has 600 valence electrons. The third-order valence-electron chi connectivity index (χ3n) is 12.4. The van der Waals surface area contributed by atoms with E-state index in [4.69, 9.17) is 0 Å². The molecule has 4 aromatic heterocycles. The Morgan fingerprint density at radius 1 is 0.241 bits per heavy atom. The minimum absolute atomic E-state index is 0. The number of pyridine rings is 4. The van der Waals surface area contributed by atoms with Crippen molar-refractivity contribution in [3.63, 3.8) is 0 Å². The van der Waals surface area contributed by atoms with Crippen LogP contribution in [-0.2, 0) is 28.8 Å². The Morgan fingerprint density at radius 3 is 0.509 bits per heavy atom. The van der Waals surface area contributed by atoms with Crippen molar-refractivity contribution < 1.29 is 216 Å². The summed E-state index contributed by atoms with van der Waals surface area (Å²) < 4.78 is 210. The zero-order valence-electron chi connectivity index (χ0n) is 60.9. The number of alkyl halides is 18. The molecule has 0 radical (unpaired) electrons. The van der Waals surface area contributed by atoms with E-state index in [1.807, 2.05) is 24.3 Å². The minimum atomic E-state index is -4.96. The van der Waals surface area contributed by atoms with Gasteiger partial charge < -0.3 is 30.6 Å². The summed E-state index contributed by atoms with van der Waals surface area (Å²) in [5.41, 5.74) is -1.83. The average molecular weight is 1850 g/mol. The maximum Gasteiger partial charge on any atom is 3.00 e. The van der Waals surface area contributed by atoms with Crippen LogP contribution in [0.25, 0.3) is 43.6 Å². The molecule has 36 heteroatoms. The molecule has 108 heavy (non-hydrogen) atoms. The van der Waals surface area contributed by atoms with Crippen LogP contribution in [0.2, 0.25) is 0 Å². The molecule has 0 fully saturated rings. The van der Waals surface area contributed by atoms with Gasteiger partial charge in [-0.1, -0.05) is 173 Å². The first-order valence-corrected chi connectivity index (χ1v) is 30.4. The molecule has 0 atom stereocenters. The van der Waals surface area contributed by atoms with Gasteiger partial charge in [-0.3, -0.25) is 48.7 Å². The van der Waals surface area contributed by atoms with Crippen LogP contribution in [0.1, 0.15) is 125 Å². The number of fused-ring (bicyclic) bond motifs is 6. The minimum Gasteiger partial charge on any atom is -0.875 e. The van der Waals surface area contributed by atoms with Gasteiger partial charge >= 0.3 is 114 Å². The van der Waals surface area contributed by atoms with Crippen molar-refractivity contribution >= 4 is 78.3 Å². The molecule has 0 saturated heterocycles. The summed E-state index contributed by atoms with van der Waals surface area (Å²) in [5.74, 6) is -17.6. The number of benzene rings is 2. The van der Waals surface area contributed by atoms with Crippen LogP contribution in [0.15, 0.2) is 169 Å². The van der Waals surface area contributed by atoms with E-state index in [-0.39, 0.29) is 114 Å². The molecule has 0 aliphatic heterocycles. The van der Waals surface area contributed by atoms with E-state index in [0.717, 1.165) is 43.6 Å². The number of hydrogen-bond donors (Lipinski definition) is 0. The number of ketones is 6. The maximum absolute atomic E-state index is 11.7. The molecule has 0 saturated carbocycles. The number of hydrogen-bond acceptors (Lipinski definition) is 16. The van der Waals surface area contributed by atoms with Gasteiger partial charge in [-0.25, -0.2) is 0 Å². The fourth-order valence-corrected chi connectivity index (χ4v) is 5.86. The van der Waals surface area contributed by atoms with Crippen molar-refractivity contribution in [1.82, 2.24) is 19.9 Å². The number of aromatic nitrogens is 4. The number of allylic oxidation sites excluding steroid dienone is 12. The van der Waals surface area contributed by atoms with Gasteiger partial charge in [-0.15, -0.1) is 5.76 Å². The zero-order valence-corrected chi connectivity index (χ0v) is 65.1. The quantitative estimate of drug-likeness (QED) is 0.0648. The summed E-state index contributed by atoms with van der Waals surface area (Å²) in [6.07, 6.45) is -22.0. The van der Waals surface area contributed by atoms with Gasteiger partial charge in [0.1, 0.15) is 0 Å². The molecule has 0 bridgehead atoms. The van der Waals surface area contributed by atoms with Crippen LogP contribution in [0.3, 0.4) is 0 Å². The zero-order chi connectivity index (χ0) is 83.9. The topological polar surface area (TPSA) is 292 Å². The second-order valence-corrected chi connectivity index (χ2v) is 28.2. The van der Waals surface area contributed by atoms with Crippen molar-refractivity contribution in [2.45, 2.75) is 162 Å². The standard InChI is InChI=1S/2C12H8N2.6C8H11F3O2.2Tb/c2*1-3-9-5-6-10-4-2-8-14-12(10)11(9)13-7-1;6*1-7(2,3)5(12)4-6(13)8(9,10)11;;/h2*1-8H;5*4,13H,1-3H3;4,12H,1-3H3;;/q;;;;;;;;2*+3/p-6/b;;5*6-4-;5-4-;;. The summed E-state index contributed by atoms with van der Waals surface area (Å²) in [5, 5.41) is 67.1. The maximum atomic E-state index is 11.7. The predicted molar refractivity (Wildman–Crippen MR) is 346 cm³/mol. The van der Waals surface area contributed by atoms with Gasteiger partial charge in [0.15, 0.2) is 28.9 Å². The number of nitrogens with zero attached hydrogens (tertiary/aromatic N) is 4. The molecule has 0 spiro atoms. The number of carbonyl (C=O) groups is 6. The van der Waals surface area contributed by atoms with Crippen LogP contribution in [0.4, 0.5) is 79.0 Å². The Kier molecular flexibility index (Phi) is 42.3. The first-order chi connectivity index (χ1) is 47.2. The average Bonchev–Trinajstić information content (AvgIpc) is 0.801. The Morgan fingerprint density at radius 2 is 0.389 bits per heavy atom. The smallest absolute Gasteiger partial charge is 0.875 e. The van der Waals surface area contributed by atoms with Gasteiger partial charge in [0, 0.05) is 73.4 Å². The van der Waals surface area contributed by atoms with E-state index in [1.165, 1.54) is 125 Å². The van der Waals surface area contributed by atoms with Crippen molar-refractivity contribution in [2.75, 3.05) is 0 Å². The van der Waals surface area contributed by atoms with Crippen LogP contribution in [0.5, 0.6) is 0 Å². The van der Waals surface area contributed by atoms with E-state index in [2.05, 4.69) is 68.5 Å². The van der Waals surface area contributed by atoms with Gasteiger partial charge in [0.25, 0.3) is 5.78 Å². The number of halogens is 18. The molecule has 16 nitrogen and oxygen atoms in total. The molecule has 0 aliphatic carbocycles. The van der Waals surface area contributed by atoms with Crippen LogP contribution < -0.4 is 30.6 Å². The molecule has 6 rings (SSSR count). The first-order valence-electron chi connectivity index (χ1n) is 30.4. The van der Waals surface area contributed by atoms with Gasteiger partial charge in [0.05, 0.1) is 22.1 Å². The second kappa shape index (κ2) is 42.7. The third-order valence-corrected chi connectivity index (χ3v) is 12.4. The SMILES string of the molecule is CC(C)(C)/C([O-])=C/C(=O)C(F)(F)F.CC(C)(C)C(=O)/C=C(\[O-])C(F)(F)F.CC(C)(C)C(=O)/C=C(\[O-])C(F)(F)F.CC(C)(C)C(=O)/C=C(\[O-])C(F)(F)F.CC(C)(C)C(=O)/C=C(\[O-])C(F)(F)F.CC(C)(C)C(=O)/C=C(\[O-])C(F)(F)F.[Tb+3].[Tb+3].c1cnc2c(c1)ccc1cccnc12.c1cnc2c(c1)ccc1cccnc12. The molecule has 0 aliphatic rings. The molecule has 6 aromatic rings. The van der Waals surface area contributed by atoms with Gasteiger partial charge in [-0.05, 0) is 94.9 Å². The van der Waals surface area contributed by atoms with E-state index < -0.39 is 139 Å². The van der Waals surface area contributed by atoms with Gasteiger partial charge in [0.2, 0.25) is 0 Å². The van der Waals surface area contributed by atoms with Crippen LogP contribution in [-0.4, -0.2) is 91.7 Å². The molecule has 0 amide bonds. The predicted octanol–water partition coefficient (Wildman–Crippen LogP) is 14.0. The van der Waals surface area contributed by atoms with E-state index >= 15 is 0 Å². The van der Waals surface area contributed by atoms with E-state index in [1.54, 1.807) is 24.8 Å². The van der Waals surface area contributed by atoms with E-state index in [0.29, 0.717) is 0 Å². The Labute approximate surface area is 671 Å². The van der Waals surface area contributed by atoms with E-state index in [9.17, 15) is 138 Å².